The predicted octanol–water partition coefficient (Wildman–Crippen LogP) is 1.81. The van der Waals surface area contributed by atoms with Gasteiger partial charge in [-0.2, -0.15) is 0 Å². The number of nitrogens with zero attached hydrogens (tertiary/aromatic N) is 1. The topological polar surface area (TPSA) is 14.2 Å². The third-order valence-electron chi connectivity index (χ3n) is 1.35. The van der Waals surface area contributed by atoms with E-state index in [2.05, 4.69) is 6.92 Å². The fourth-order valence-electron chi connectivity index (χ4n) is 0.802. The summed E-state index contributed by atoms with van der Waals surface area (Å²) in [5.41, 5.74) is 0. The van der Waals surface area contributed by atoms with E-state index in [1.165, 1.54) is 0 Å². The molecule has 0 bridgehead atoms. The highest BCUT2D eigenvalue weighted by Gasteiger charge is 1.93. The van der Waals surface area contributed by atoms with Gasteiger partial charge in [0, 0.05) is 13.2 Å². The normalized spacial score (nSPS) is 9.80. The predicted molar refractivity (Wildman–Crippen MR) is 41.2 cm³/mol. The van der Waals surface area contributed by atoms with Crippen molar-refractivity contribution in [3.05, 3.63) is 18.3 Å². The first-order valence-corrected chi connectivity index (χ1v) is 3.58. The van der Waals surface area contributed by atoms with Crippen LogP contribution in [0.5, 0.6) is 5.88 Å². The summed E-state index contributed by atoms with van der Waals surface area (Å²) in [6.07, 6.45) is 3.04. The van der Waals surface area contributed by atoms with Crippen LogP contribution >= 0.6 is 0 Å². The molecule has 1 rings (SSSR count). The zero-order valence-electron chi connectivity index (χ0n) is 6.50. The van der Waals surface area contributed by atoms with Crippen molar-refractivity contribution in [1.82, 2.24) is 4.57 Å². The average molecular weight is 139 g/mol. The van der Waals surface area contributed by atoms with Crippen LogP contribution in [0.1, 0.15) is 13.3 Å². The highest BCUT2D eigenvalue weighted by atomic mass is 16.5. The molecule has 1 heterocycles. The number of rotatable bonds is 3. The molecule has 0 amide bonds. The van der Waals surface area contributed by atoms with Gasteiger partial charge in [0.2, 0.25) is 0 Å². The van der Waals surface area contributed by atoms with Gasteiger partial charge in [0.05, 0.1) is 6.61 Å². The van der Waals surface area contributed by atoms with E-state index in [9.17, 15) is 0 Å². The molecule has 0 unspecified atom stereocenters. The Morgan fingerprint density at radius 1 is 1.60 bits per heavy atom. The Kier molecular flexibility index (Phi) is 2.37. The van der Waals surface area contributed by atoms with Gasteiger partial charge in [-0.15, -0.1) is 0 Å². The number of aromatic nitrogens is 1. The van der Waals surface area contributed by atoms with Crippen LogP contribution in [0.25, 0.3) is 0 Å². The molecule has 10 heavy (non-hydrogen) atoms. The second-order valence-electron chi connectivity index (χ2n) is 2.31. The number of aryl methyl sites for hydroxylation is 1. The first-order chi connectivity index (χ1) is 4.84. The van der Waals surface area contributed by atoms with Crippen LogP contribution in [0.3, 0.4) is 0 Å². The van der Waals surface area contributed by atoms with Gasteiger partial charge < -0.3 is 9.30 Å². The maximum Gasteiger partial charge on any atom is 0.193 e. The molecule has 0 aliphatic rings. The first-order valence-electron chi connectivity index (χ1n) is 3.58. The molecule has 0 saturated carbocycles. The van der Waals surface area contributed by atoms with Crippen molar-refractivity contribution in [2.75, 3.05) is 6.61 Å². The largest absolute Gasteiger partial charge is 0.479 e. The van der Waals surface area contributed by atoms with Crippen LogP contribution in [-0.4, -0.2) is 11.2 Å². The van der Waals surface area contributed by atoms with E-state index >= 15 is 0 Å². The highest BCUT2D eigenvalue weighted by molar-refractivity contribution is 5.12. The van der Waals surface area contributed by atoms with Gasteiger partial charge in [0.1, 0.15) is 0 Å². The minimum atomic E-state index is 0.803. The fourth-order valence-corrected chi connectivity index (χ4v) is 0.802. The van der Waals surface area contributed by atoms with Crippen LogP contribution in [0.15, 0.2) is 18.3 Å². The van der Waals surface area contributed by atoms with Crippen molar-refractivity contribution in [3.63, 3.8) is 0 Å². The summed E-state index contributed by atoms with van der Waals surface area (Å²) in [4.78, 5) is 0. The number of hydrogen-bond donors (Lipinski definition) is 0. The molecule has 0 atom stereocenters. The van der Waals surface area contributed by atoms with Crippen LogP contribution < -0.4 is 4.74 Å². The van der Waals surface area contributed by atoms with E-state index < -0.39 is 0 Å². The van der Waals surface area contributed by atoms with Crippen molar-refractivity contribution < 1.29 is 4.74 Å². The molecule has 0 N–H and O–H groups in total. The number of hydrogen-bond acceptors (Lipinski definition) is 1. The molecule has 0 fully saturated rings. The Balaban J connectivity index is 2.49. The molecule has 0 radical (unpaired) electrons. The Labute approximate surface area is 61.4 Å². The fraction of sp³-hybridized carbons (Fsp3) is 0.500. The van der Waals surface area contributed by atoms with E-state index in [0.29, 0.717) is 0 Å². The lowest BCUT2D eigenvalue weighted by atomic mass is 10.5. The molecule has 0 aliphatic heterocycles. The SMILES string of the molecule is CCCOc1cccn1C. The van der Waals surface area contributed by atoms with Crippen molar-refractivity contribution in [3.8, 4) is 5.88 Å². The smallest absolute Gasteiger partial charge is 0.193 e. The zero-order chi connectivity index (χ0) is 7.40. The second-order valence-corrected chi connectivity index (χ2v) is 2.31. The summed E-state index contributed by atoms with van der Waals surface area (Å²) >= 11 is 0. The molecule has 1 aromatic rings. The van der Waals surface area contributed by atoms with E-state index in [1.54, 1.807) is 0 Å². The molecular weight excluding hydrogens is 126 g/mol. The maximum atomic E-state index is 5.39. The minimum Gasteiger partial charge on any atom is -0.479 e. The molecule has 0 aliphatic carbocycles. The minimum absolute atomic E-state index is 0.803. The summed E-state index contributed by atoms with van der Waals surface area (Å²) in [5.74, 6) is 0.946. The summed E-state index contributed by atoms with van der Waals surface area (Å²) in [7, 11) is 1.98. The third-order valence-corrected chi connectivity index (χ3v) is 1.35. The van der Waals surface area contributed by atoms with Crippen molar-refractivity contribution in [1.29, 1.82) is 0 Å². The molecule has 2 nitrogen and oxygen atoms in total. The zero-order valence-corrected chi connectivity index (χ0v) is 6.50. The lowest BCUT2D eigenvalue weighted by molar-refractivity contribution is 0.295. The van der Waals surface area contributed by atoms with Crippen LogP contribution in [0.4, 0.5) is 0 Å². The van der Waals surface area contributed by atoms with E-state index in [4.69, 9.17) is 4.74 Å². The highest BCUT2D eigenvalue weighted by Crippen LogP contribution is 2.08. The summed E-state index contributed by atoms with van der Waals surface area (Å²) < 4.78 is 7.36. The molecule has 1 aromatic heterocycles. The molecule has 0 aromatic carbocycles. The lowest BCUT2D eigenvalue weighted by Crippen LogP contribution is -1.98. The summed E-state index contributed by atoms with van der Waals surface area (Å²) in [5, 5.41) is 0. The standard InChI is InChI=1S/C8H13NO/c1-3-7-10-8-5-4-6-9(8)2/h4-6H,3,7H2,1-2H3. The van der Waals surface area contributed by atoms with Crippen LogP contribution in [0, 0.1) is 0 Å². The van der Waals surface area contributed by atoms with E-state index in [-0.39, 0.29) is 0 Å². The molecule has 0 saturated heterocycles. The molecule has 0 spiro atoms. The Bertz CT molecular complexity index is 193. The average Bonchev–Trinajstić information content (AvgIpc) is 2.31. The van der Waals surface area contributed by atoms with Gasteiger partial charge in [-0.25, -0.2) is 0 Å². The Morgan fingerprint density at radius 3 is 2.90 bits per heavy atom. The monoisotopic (exact) mass is 139 g/mol. The maximum absolute atomic E-state index is 5.39. The number of ether oxygens (including phenoxy) is 1. The van der Waals surface area contributed by atoms with Crippen LogP contribution in [-0.2, 0) is 7.05 Å². The Hall–Kier alpha value is -0.920. The summed E-state index contributed by atoms with van der Waals surface area (Å²) in [6, 6.07) is 3.95. The van der Waals surface area contributed by atoms with Crippen LogP contribution in [0.2, 0.25) is 0 Å². The molecule has 56 valence electrons. The van der Waals surface area contributed by atoms with E-state index in [1.807, 2.05) is 29.9 Å². The molecule has 2 heteroatoms. The van der Waals surface area contributed by atoms with Gasteiger partial charge in [0.25, 0.3) is 0 Å². The molecular formula is C8H13NO. The second kappa shape index (κ2) is 3.30. The van der Waals surface area contributed by atoms with Gasteiger partial charge in [-0.3, -0.25) is 0 Å². The quantitative estimate of drug-likeness (QED) is 0.623. The lowest BCUT2D eigenvalue weighted by Gasteiger charge is -2.03. The third kappa shape index (κ3) is 1.53. The van der Waals surface area contributed by atoms with Crippen molar-refractivity contribution >= 4 is 0 Å². The van der Waals surface area contributed by atoms with E-state index in [0.717, 1.165) is 18.9 Å². The van der Waals surface area contributed by atoms with Crippen molar-refractivity contribution in [2.45, 2.75) is 13.3 Å². The van der Waals surface area contributed by atoms with Gasteiger partial charge in [-0.05, 0) is 18.6 Å². The summed E-state index contributed by atoms with van der Waals surface area (Å²) in [6.45, 7) is 2.90. The van der Waals surface area contributed by atoms with Crippen molar-refractivity contribution in [2.24, 2.45) is 7.05 Å². The first kappa shape index (κ1) is 7.19. The van der Waals surface area contributed by atoms with Gasteiger partial charge in [-0.1, -0.05) is 6.92 Å². The Morgan fingerprint density at radius 2 is 2.40 bits per heavy atom. The van der Waals surface area contributed by atoms with Gasteiger partial charge in [0.15, 0.2) is 5.88 Å². The van der Waals surface area contributed by atoms with Gasteiger partial charge >= 0.3 is 0 Å².